The molecule has 0 unspecified atom stereocenters. The highest BCUT2D eigenvalue weighted by Gasteiger charge is 2.29. The zero-order chi connectivity index (χ0) is 20.6. The van der Waals surface area contributed by atoms with Crippen molar-refractivity contribution < 1.29 is 8.42 Å². The molecule has 1 aromatic heterocycles. The van der Waals surface area contributed by atoms with Crippen molar-refractivity contribution in [3.63, 3.8) is 0 Å². The van der Waals surface area contributed by atoms with E-state index in [1.54, 1.807) is 21.1 Å². The zero-order valence-corrected chi connectivity index (χ0v) is 17.4. The summed E-state index contributed by atoms with van der Waals surface area (Å²) < 4.78 is 29.5. The molecule has 0 atom stereocenters. The summed E-state index contributed by atoms with van der Waals surface area (Å²) in [5.41, 5.74) is 2.39. The average molecular weight is 413 g/mol. The number of fused-ring (bicyclic) bond motifs is 1. The molecule has 0 N–H and O–H groups in total. The minimum absolute atomic E-state index is 0.0960. The highest BCUT2D eigenvalue weighted by molar-refractivity contribution is 7.89. The Morgan fingerprint density at radius 1 is 1.00 bits per heavy atom. The minimum atomic E-state index is -3.51. The zero-order valence-electron chi connectivity index (χ0n) is 16.6. The first kappa shape index (κ1) is 19.8. The topological polar surface area (TPSA) is 75.5 Å². The van der Waals surface area contributed by atoms with Crippen LogP contribution in [-0.2, 0) is 16.7 Å². The van der Waals surface area contributed by atoms with Crippen molar-refractivity contribution in [3.8, 4) is 0 Å². The molecule has 7 nitrogen and oxygen atoms in total. The number of piperazine rings is 1. The molecule has 2 heterocycles. The van der Waals surface area contributed by atoms with Crippen LogP contribution in [0.15, 0.2) is 58.4 Å². The van der Waals surface area contributed by atoms with Crippen molar-refractivity contribution in [2.45, 2.75) is 25.4 Å². The smallest absolute Gasteiger partial charge is 0.243 e. The van der Waals surface area contributed by atoms with E-state index in [0.717, 1.165) is 16.6 Å². The Morgan fingerprint density at radius 2 is 1.72 bits per heavy atom. The number of rotatable bonds is 4. The van der Waals surface area contributed by atoms with E-state index in [4.69, 9.17) is 0 Å². The van der Waals surface area contributed by atoms with Gasteiger partial charge >= 0.3 is 0 Å². The first-order chi connectivity index (χ1) is 13.9. The minimum Gasteiger partial charge on any atom is -0.287 e. The molecule has 0 spiro atoms. The summed E-state index contributed by atoms with van der Waals surface area (Å²) >= 11 is 0. The van der Waals surface area contributed by atoms with Crippen LogP contribution in [-0.4, -0.2) is 53.6 Å². The van der Waals surface area contributed by atoms with Gasteiger partial charge in [0.25, 0.3) is 0 Å². The Bertz CT molecular complexity index is 1210. The van der Waals surface area contributed by atoms with Crippen molar-refractivity contribution >= 4 is 20.9 Å². The summed E-state index contributed by atoms with van der Waals surface area (Å²) in [5.74, 6) is 0. The molecule has 2 aromatic carbocycles. The van der Waals surface area contributed by atoms with E-state index in [9.17, 15) is 13.2 Å². The fourth-order valence-electron chi connectivity index (χ4n) is 3.70. The molecule has 0 bridgehead atoms. The van der Waals surface area contributed by atoms with Gasteiger partial charge in [-0.25, -0.2) is 8.42 Å². The molecule has 0 radical (unpaired) electrons. The van der Waals surface area contributed by atoms with Gasteiger partial charge in [0, 0.05) is 31.6 Å². The van der Waals surface area contributed by atoms with E-state index >= 15 is 0 Å². The second-order valence-electron chi connectivity index (χ2n) is 7.46. The first-order valence-corrected chi connectivity index (χ1v) is 11.0. The second kappa shape index (κ2) is 7.70. The lowest BCUT2D eigenvalue weighted by molar-refractivity contribution is 0.147. The largest absolute Gasteiger partial charge is 0.287 e. The average Bonchev–Trinajstić information content (AvgIpc) is 2.72. The number of para-hydroxylation sites is 1. The lowest BCUT2D eigenvalue weighted by atomic mass is 10.2. The monoisotopic (exact) mass is 412 g/mol. The van der Waals surface area contributed by atoms with Crippen LogP contribution in [0.5, 0.6) is 0 Å². The van der Waals surface area contributed by atoms with Crippen LogP contribution in [0.3, 0.4) is 0 Å². The van der Waals surface area contributed by atoms with Gasteiger partial charge in [-0.2, -0.15) is 9.40 Å². The Morgan fingerprint density at radius 3 is 2.48 bits per heavy atom. The van der Waals surface area contributed by atoms with Gasteiger partial charge in [-0.05, 0) is 43.2 Å². The summed E-state index contributed by atoms with van der Waals surface area (Å²) in [6.07, 6.45) is 1.34. The van der Waals surface area contributed by atoms with Crippen LogP contribution in [0.4, 0.5) is 0 Å². The third kappa shape index (κ3) is 3.83. The number of sulfonamides is 1. The highest BCUT2D eigenvalue weighted by Crippen LogP contribution is 2.22. The number of nitrogens with zero attached hydrogens (tertiary/aromatic N) is 4. The van der Waals surface area contributed by atoms with Crippen molar-refractivity contribution in [1.29, 1.82) is 0 Å². The molecule has 0 amide bonds. The molecule has 1 aliphatic heterocycles. The highest BCUT2D eigenvalue weighted by atomic mass is 32.2. The Kier molecular flexibility index (Phi) is 5.24. The third-order valence-electron chi connectivity index (χ3n) is 5.39. The SMILES string of the molecule is Cc1ccc(C)c(S(=O)(=O)N2CCN(Cn3ncc(=O)c4ccccc43)CC2)c1. The predicted molar refractivity (Wildman–Crippen MR) is 112 cm³/mol. The van der Waals surface area contributed by atoms with Crippen molar-refractivity contribution in [2.75, 3.05) is 26.2 Å². The van der Waals surface area contributed by atoms with Gasteiger partial charge in [0.05, 0.1) is 23.3 Å². The van der Waals surface area contributed by atoms with Crippen LogP contribution in [0, 0.1) is 13.8 Å². The van der Waals surface area contributed by atoms with Crippen LogP contribution in [0.2, 0.25) is 0 Å². The summed E-state index contributed by atoms with van der Waals surface area (Å²) in [6, 6.07) is 12.9. The number of benzene rings is 2. The van der Waals surface area contributed by atoms with Crippen molar-refractivity contribution in [3.05, 3.63) is 70.0 Å². The summed E-state index contributed by atoms with van der Waals surface area (Å²) in [4.78, 5) is 14.5. The maximum Gasteiger partial charge on any atom is 0.243 e. The van der Waals surface area contributed by atoms with Gasteiger partial charge in [-0.15, -0.1) is 0 Å². The fourth-order valence-corrected chi connectivity index (χ4v) is 5.43. The lowest BCUT2D eigenvalue weighted by Gasteiger charge is -2.34. The van der Waals surface area contributed by atoms with Crippen molar-refractivity contribution in [1.82, 2.24) is 19.0 Å². The molecule has 1 fully saturated rings. The second-order valence-corrected chi connectivity index (χ2v) is 9.36. The van der Waals surface area contributed by atoms with Gasteiger partial charge in [0.15, 0.2) is 0 Å². The number of hydrogen-bond donors (Lipinski definition) is 0. The van der Waals surface area contributed by atoms with E-state index in [1.165, 1.54) is 6.20 Å². The molecule has 152 valence electrons. The van der Waals surface area contributed by atoms with Gasteiger partial charge < -0.3 is 0 Å². The van der Waals surface area contributed by atoms with E-state index in [-0.39, 0.29) is 5.43 Å². The summed E-state index contributed by atoms with van der Waals surface area (Å²) in [6.45, 7) is 6.30. The molecule has 1 aliphatic rings. The van der Waals surface area contributed by atoms with Crippen LogP contribution < -0.4 is 5.43 Å². The number of aromatic nitrogens is 2. The molecule has 1 saturated heterocycles. The fraction of sp³-hybridized carbons (Fsp3) is 0.333. The quantitative estimate of drug-likeness (QED) is 0.655. The molecule has 3 aromatic rings. The van der Waals surface area contributed by atoms with Gasteiger partial charge in [-0.1, -0.05) is 24.3 Å². The van der Waals surface area contributed by atoms with Gasteiger partial charge in [0.2, 0.25) is 15.5 Å². The molecular formula is C21H24N4O3S. The molecule has 29 heavy (non-hydrogen) atoms. The van der Waals surface area contributed by atoms with Crippen LogP contribution in [0.1, 0.15) is 11.1 Å². The van der Waals surface area contributed by atoms with E-state index in [2.05, 4.69) is 10.00 Å². The first-order valence-electron chi connectivity index (χ1n) is 9.61. The van der Waals surface area contributed by atoms with Crippen LogP contribution in [0.25, 0.3) is 10.9 Å². The molecular weight excluding hydrogens is 388 g/mol. The molecule has 0 aliphatic carbocycles. The summed E-state index contributed by atoms with van der Waals surface area (Å²) in [5, 5.41) is 4.91. The number of hydrogen-bond acceptors (Lipinski definition) is 5. The third-order valence-corrected chi connectivity index (χ3v) is 7.43. The van der Waals surface area contributed by atoms with Crippen molar-refractivity contribution in [2.24, 2.45) is 0 Å². The maximum absolute atomic E-state index is 13.1. The van der Waals surface area contributed by atoms with Gasteiger partial charge in [0.1, 0.15) is 0 Å². The predicted octanol–water partition coefficient (Wildman–Crippen LogP) is 1.98. The summed E-state index contributed by atoms with van der Waals surface area (Å²) in [7, 11) is -3.51. The Balaban J connectivity index is 1.50. The van der Waals surface area contributed by atoms with E-state index in [1.807, 2.05) is 44.2 Å². The van der Waals surface area contributed by atoms with Crippen LogP contribution >= 0.6 is 0 Å². The Labute approximate surface area is 170 Å². The standard InChI is InChI=1S/C21H24N4O3S/c1-16-7-8-17(2)21(13-16)29(27,28)24-11-9-23(10-12-24)15-25-19-6-4-3-5-18(19)20(26)14-22-25/h3-8,13-14H,9-12,15H2,1-2H3. The van der Waals surface area contributed by atoms with E-state index < -0.39 is 10.0 Å². The maximum atomic E-state index is 13.1. The normalized spacial score (nSPS) is 16.3. The number of aryl methyl sites for hydroxylation is 2. The lowest BCUT2D eigenvalue weighted by Crippen LogP contribution is -2.49. The molecule has 4 rings (SSSR count). The van der Waals surface area contributed by atoms with E-state index in [0.29, 0.717) is 43.1 Å². The molecule has 0 saturated carbocycles. The van der Waals surface area contributed by atoms with Gasteiger partial charge in [-0.3, -0.25) is 14.4 Å². The Hall–Kier alpha value is -2.55. The molecule has 8 heteroatoms.